The van der Waals surface area contributed by atoms with E-state index in [1.54, 1.807) is 23.9 Å². The molecule has 1 saturated heterocycles. The number of nitro groups is 1. The van der Waals surface area contributed by atoms with E-state index in [4.69, 9.17) is 16.0 Å². The van der Waals surface area contributed by atoms with Crippen LogP contribution in [0.3, 0.4) is 0 Å². The predicted molar refractivity (Wildman–Crippen MR) is 265 cm³/mol. The Morgan fingerprint density at radius 1 is 0.938 bits per heavy atom. The molecule has 5 aromatic rings. The van der Waals surface area contributed by atoms with Gasteiger partial charge in [-0.3, -0.25) is 14.9 Å². The van der Waals surface area contributed by atoms with Crippen molar-refractivity contribution in [2.75, 3.05) is 49.7 Å². The van der Waals surface area contributed by atoms with Crippen LogP contribution in [0.2, 0.25) is 23.2 Å². The highest BCUT2D eigenvalue weighted by Crippen LogP contribution is 2.46. The third-order valence-corrected chi connectivity index (χ3v) is 19.5. The Labute approximate surface area is 389 Å². The Hall–Kier alpha value is -4.70. The monoisotopic (exact) mass is 941 g/mol. The first-order valence-electron chi connectivity index (χ1n) is 21.6. The van der Waals surface area contributed by atoms with Crippen molar-refractivity contribution in [2.45, 2.75) is 80.1 Å². The van der Waals surface area contributed by atoms with Gasteiger partial charge in [-0.1, -0.05) is 87.0 Å². The average molecular weight is 943 g/mol. The number of nitrogens with one attached hydrogen (secondary N) is 2. The highest BCUT2D eigenvalue weighted by molar-refractivity contribution is 7.99. The zero-order valence-corrected chi connectivity index (χ0v) is 41.1. The molecule has 1 heterocycles. The molecule has 15 heteroatoms. The van der Waals surface area contributed by atoms with Gasteiger partial charge >= 0.3 is 0 Å². The van der Waals surface area contributed by atoms with Crippen LogP contribution < -0.4 is 14.9 Å². The first-order valence-corrected chi connectivity index (χ1v) is 27.4. The van der Waals surface area contributed by atoms with Gasteiger partial charge < -0.3 is 19.5 Å². The average Bonchev–Trinajstić information content (AvgIpc) is 3.26. The van der Waals surface area contributed by atoms with Gasteiger partial charge in [-0.15, -0.1) is 11.8 Å². The Kier molecular flexibility index (Phi) is 16.1. The molecule has 11 nitrogen and oxygen atoms in total. The summed E-state index contributed by atoms with van der Waals surface area (Å²) in [6.07, 6.45) is 2.37. The fraction of sp³-hybridized carbons (Fsp3) is 0.367. The van der Waals surface area contributed by atoms with Crippen molar-refractivity contribution < 1.29 is 22.6 Å². The van der Waals surface area contributed by atoms with Crippen molar-refractivity contribution >= 4 is 64.7 Å². The molecular weight excluding hydrogens is 882 g/mol. The van der Waals surface area contributed by atoms with Gasteiger partial charge in [0.25, 0.3) is 21.6 Å². The second-order valence-corrected chi connectivity index (χ2v) is 26.2. The fourth-order valence-electron chi connectivity index (χ4n) is 7.57. The van der Waals surface area contributed by atoms with E-state index in [9.17, 15) is 23.3 Å². The maximum Gasteiger partial charge on any atom is 0.293 e. The van der Waals surface area contributed by atoms with E-state index < -0.39 is 34.9 Å². The van der Waals surface area contributed by atoms with Crippen LogP contribution in [0, 0.1) is 16.0 Å². The number of sulfonamides is 1. The molecule has 6 rings (SSSR count). The zero-order chi connectivity index (χ0) is 46.2. The molecule has 0 spiro atoms. The van der Waals surface area contributed by atoms with Crippen LogP contribution in [-0.2, 0) is 14.4 Å². The van der Waals surface area contributed by atoms with Gasteiger partial charge in [-0.25, -0.2) is 13.1 Å². The number of thioether (sulfide) groups is 1. The lowest BCUT2D eigenvalue weighted by Crippen LogP contribution is -2.45. The Morgan fingerprint density at radius 2 is 1.58 bits per heavy atom. The van der Waals surface area contributed by atoms with Gasteiger partial charge in [0.15, 0.2) is 8.32 Å². The Morgan fingerprint density at radius 3 is 2.20 bits per heavy atom. The van der Waals surface area contributed by atoms with Crippen molar-refractivity contribution in [3.63, 3.8) is 0 Å². The summed E-state index contributed by atoms with van der Waals surface area (Å²) in [5, 5.41) is 16.3. The van der Waals surface area contributed by atoms with Crippen LogP contribution in [-0.4, -0.2) is 78.0 Å². The van der Waals surface area contributed by atoms with Crippen LogP contribution in [0.1, 0.15) is 62.1 Å². The minimum Gasteiger partial charge on any atom is -0.410 e. The first-order chi connectivity index (χ1) is 30.3. The maximum absolute atomic E-state index is 13.5. The van der Waals surface area contributed by atoms with Crippen LogP contribution in [0.5, 0.6) is 0 Å². The number of carbonyl (C=O) groups is 1. The van der Waals surface area contributed by atoms with E-state index in [-0.39, 0.29) is 39.2 Å². The summed E-state index contributed by atoms with van der Waals surface area (Å²) in [7, 11) is -2.73. The largest absolute Gasteiger partial charge is 0.410 e. The predicted octanol–water partition coefficient (Wildman–Crippen LogP) is 11.5. The van der Waals surface area contributed by atoms with E-state index in [0.29, 0.717) is 17.2 Å². The lowest BCUT2D eigenvalue weighted by atomic mass is 9.84. The van der Waals surface area contributed by atoms with E-state index >= 15 is 0 Å². The molecule has 0 radical (unpaired) electrons. The van der Waals surface area contributed by atoms with Crippen LogP contribution in [0.25, 0.3) is 11.1 Å². The van der Waals surface area contributed by atoms with Crippen LogP contribution >= 0.6 is 23.4 Å². The molecule has 2 N–H and O–H groups in total. The molecule has 64 heavy (non-hydrogen) atoms. The number of benzene rings is 5. The lowest BCUT2D eigenvalue weighted by Gasteiger charge is -2.44. The summed E-state index contributed by atoms with van der Waals surface area (Å²) < 4.78 is 36.5. The number of anilines is 2. The van der Waals surface area contributed by atoms with Crippen molar-refractivity contribution in [3.05, 3.63) is 148 Å². The number of carbonyl (C=O) groups excluding carboxylic acids is 1. The number of halogens is 1. The van der Waals surface area contributed by atoms with Gasteiger partial charge in [-0.05, 0) is 141 Å². The second kappa shape index (κ2) is 21.1. The highest BCUT2D eigenvalue weighted by atomic mass is 35.5. The minimum absolute atomic E-state index is 0.0202. The molecule has 0 aromatic heterocycles. The van der Waals surface area contributed by atoms with Gasteiger partial charge in [0.2, 0.25) is 0 Å². The normalized spacial score (nSPS) is 14.9. The molecule has 0 aliphatic carbocycles. The van der Waals surface area contributed by atoms with Crippen LogP contribution in [0.4, 0.5) is 17.1 Å². The summed E-state index contributed by atoms with van der Waals surface area (Å²) in [5.74, 6) is 0.0651. The zero-order valence-electron chi connectivity index (χ0n) is 37.7. The number of rotatable bonds is 18. The Balaban J connectivity index is 1.12. The highest BCUT2D eigenvalue weighted by Gasteiger charge is 2.42. The van der Waals surface area contributed by atoms with E-state index in [0.717, 1.165) is 60.3 Å². The molecule has 0 saturated carbocycles. The number of piperidine rings is 1. The summed E-state index contributed by atoms with van der Waals surface area (Å²) in [5.41, 5.74) is 4.29. The Bertz CT molecular complexity index is 2480. The van der Waals surface area contributed by atoms with Gasteiger partial charge in [-0.2, -0.15) is 0 Å². The van der Waals surface area contributed by atoms with Crippen molar-refractivity contribution in [1.29, 1.82) is 0 Å². The van der Waals surface area contributed by atoms with Crippen molar-refractivity contribution in [2.24, 2.45) is 5.92 Å². The van der Waals surface area contributed by atoms with Gasteiger partial charge in [0.1, 0.15) is 5.69 Å². The first kappa shape index (κ1) is 48.7. The lowest BCUT2D eigenvalue weighted by molar-refractivity contribution is -0.384. The van der Waals surface area contributed by atoms with E-state index in [1.165, 1.54) is 17.7 Å². The molecule has 0 bridgehead atoms. The SMILES string of the molecule is CN(C)CC[C@H](CSc1ccccc1)Nc1ccc(S(=O)(=O)NC(=O)c2ccc(N3CCC([C@@H](O[Si](C)(C)C(C)(C)C)c4ccccc4-c4ccc(Cl)cc4)CC3)cc2)cc1[N+](=O)[O-]. The quantitative estimate of drug-likeness (QED) is 0.0378. The molecule has 1 aliphatic heterocycles. The number of amides is 1. The fourth-order valence-corrected chi connectivity index (χ4v) is 11.0. The van der Waals surface area contributed by atoms with E-state index in [2.05, 4.69) is 85.2 Å². The number of nitro benzene ring substituents is 1. The number of hydrogen-bond donors (Lipinski definition) is 2. The molecule has 0 unspecified atom stereocenters. The summed E-state index contributed by atoms with van der Waals surface area (Å²) in [4.78, 5) is 30.1. The second-order valence-electron chi connectivity index (χ2n) is 18.2. The molecular formula is C49H60ClN5O6S2Si. The minimum atomic E-state index is -4.46. The van der Waals surface area contributed by atoms with Gasteiger partial charge in [0.05, 0.1) is 15.9 Å². The van der Waals surface area contributed by atoms with Crippen molar-refractivity contribution in [3.8, 4) is 11.1 Å². The standard InChI is InChI=1S/C49H60ClN5O6S2Si/c1-49(2,3)64(6,7)61-47(44-16-12-11-15-43(44)35-17-21-38(50)22-18-35)36-27-31-54(32-28-36)40-23-19-37(20-24-40)48(56)52-63(59,60)42-25-26-45(46(33-42)55(57)58)51-39(29-30-53(4)5)34-62-41-13-9-8-10-14-41/h8-26,33,36,39,47,51H,27-32,34H2,1-7H3,(H,52,56)/t39-,47-/m1/s1. The topological polar surface area (TPSA) is 134 Å². The molecule has 1 amide bonds. The molecule has 1 fully saturated rings. The summed E-state index contributed by atoms with van der Waals surface area (Å²) >= 11 is 7.90. The third kappa shape index (κ3) is 12.5. The molecule has 340 valence electrons. The molecule has 5 aromatic carbocycles. The summed E-state index contributed by atoms with van der Waals surface area (Å²) in [6.45, 7) is 13.7. The van der Waals surface area contributed by atoms with Crippen molar-refractivity contribution in [1.82, 2.24) is 9.62 Å². The smallest absolute Gasteiger partial charge is 0.293 e. The molecule has 2 atom stereocenters. The number of hydrogen-bond acceptors (Lipinski definition) is 10. The third-order valence-electron chi connectivity index (χ3n) is 12.3. The van der Waals surface area contributed by atoms with Crippen LogP contribution in [0.15, 0.2) is 131 Å². The van der Waals surface area contributed by atoms with Gasteiger partial charge in [0, 0.05) is 52.1 Å². The maximum atomic E-state index is 13.5. The summed E-state index contributed by atoms with van der Waals surface area (Å²) in [6, 6.07) is 36.7. The van der Waals surface area contributed by atoms with E-state index in [1.807, 2.05) is 73.6 Å². The molecule has 1 aliphatic rings. The number of nitrogens with zero attached hydrogens (tertiary/aromatic N) is 3.